The molecule has 8 nitrogen and oxygen atoms in total. The number of hydrogen-bond donors (Lipinski definition) is 4. The number of hydrogen-bond acceptors (Lipinski definition) is 6. The lowest BCUT2D eigenvalue weighted by atomic mass is 9.97. The molecule has 1 saturated heterocycles. The van der Waals surface area contributed by atoms with Gasteiger partial charge in [-0.25, -0.2) is 0 Å². The number of alkyl halides is 1. The van der Waals surface area contributed by atoms with Gasteiger partial charge in [0.2, 0.25) is 5.95 Å². The van der Waals surface area contributed by atoms with Crippen LogP contribution in [-0.4, -0.2) is 47.9 Å². The first kappa shape index (κ1) is 16.8. The van der Waals surface area contributed by atoms with E-state index < -0.39 is 35.0 Å². The Morgan fingerprint density at radius 3 is 2.96 bits per heavy atom. The van der Waals surface area contributed by atoms with E-state index in [0.29, 0.717) is 5.39 Å². The van der Waals surface area contributed by atoms with Crippen LogP contribution in [0.4, 0.5) is 5.95 Å². The first-order valence-electron chi connectivity index (χ1n) is 7.30. The summed E-state index contributed by atoms with van der Waals surface area (Å²) in [6.07, 6.45) is -2.56. The Morgan fingerprint density at radius 1 is 1.62 bits per heavy atom. The Labute approximate surface area is 142 Å². The maximum atomic E-state index is 12.0. The van der Waals surface area contributed by atoms with Crippen molar-refractivity contribution in [2.75, 3.05) is 5.73 Å². The second kappa shape index (κ2) is 5.79. The van der Waals surface area contributed by atoms with E-state index in [0.717, 1.165) is 0 Å². The number of H-pyrrole nitrogens is 1. The topological polar surface area (TPSA) is 126 Å². The number of aliphatic hydroxyl groups excluding tert-OH is 2. The van der Waals surface area contributed by atoms with Gasteiger partial charge in [-0.1, -0.05) is 17.5 Å². The minimum Gasteiger partial charge on any atom is -0.391 e. The molecule has 0 saturated carbocycles. The van der Waals surface area contributed by atoms with E-state index in [-0.39, 0.29) is 11.6 Å². The van der Waals surface area contributed by atoms with Gasteiger partial charge in [0.15, 0.2) is 16.7 Å². The maximum absolute atomic E-state index is 12.0. The zero-order valence-corrected chi connectivity index (χ0v) is 13.8. The Bertz CT molecular complexity index is 896. The quantitative estimate of drug-likeness (QED) is 0.443. The first-order chi connectivity index (χ1) is 11.3. The summed E-state index contributed by atoms with van der Waals surface area (Å²) >= 11 is 6.57. The largest absolute Gasteiger partial charge is 0.391 e. The Balaban J connectivity index is 2.20. The SMILES string of the molecule is CC#CC1(Cl)[C@@H](O)[C@@H]([C@@H](C)O)O[C@H]1n1ccc2c(=O)[nH]c(N)nc21. The average Bonchev–Trinajstić information content (AvgIpc) is 3.00. The van der Waals surface area contributed by atoms with E-state index in [1.54, 1.807) is 19.2 Å². The molecule has 0 bridgehead atoms. The van der Waals surface area contributed by atoms with E-state index in [4.69, 9.17) is 22.1 Å². The number of aromatic amines is 1. The number of aromatic nitrogens is 3. The number of nitrogen functional groups attached to an aromatic ring is 1. The Morgan fingerprint density at radius 2 is 2.33 bits per heavy atom. The summed E-state index contributed by atoms with van der Waals surface area (Å²) in [7, 11) is 0. The van der Waals surface area contributed by atoms with Crippen molar-refractivity contribution < 1.29 is 14.9 Å². The van der Waals surface area contributed by atoms with Crippen LogP contribution < -0.4 is 11.3 Å². The van der Waals surface area contributed by atoms with E-state index in [1.807, 2.05) is 0 Å². The minimum absolute atomic E-state index is 0.0557. The number of aliphatic hydroxyl groups is 2. The van der Waals surface area contributed by atoms with Gasteiger partial charge in [-0.05, 0) is 19.9 Å². The van der Waals surface area contributed by atoms with Crippen LogP contribution in [0.25, 0.3) is 11.0 Å². The summed E-state index contributed by atoms with van der Waals surface area (Å²) in [6, 6.07) is 1.54. The van der Waals surface area contributed by atoms with Gasteiger partial charge < -0.3 is 25.3 Å². The molecule has 0 aliphatic carbocycles. The molecule has 1 unspecified atom stereocenters. The van der Waals surface area contributed by atoms with Crippen molar-refractivity contribution in [2.24, 2.45) is 0 Å². The second-order valence-corrected chi connectivity index (χ2v) is 6.32. The van der Waals surface area contributed by atoms with Gasteiger partial charge in [-0.2, -0.15) is 4.98 Å². The summed E-state index contributed by atoms with van der Waals surface area (Å²) in [5.41, 5.74) is 5.46. The molecule has 2 aromatic heterocycles. The van der Waals surface area contributed by atoms with Crippen LogP contribution in [-0.2, 0) is 4.74 Å². The standard InChI is InChI=1S/C15H17ClN4O4/c1-3-5-15(16)10(22)9(7(2)21)24-13(15)20-6-4-8-11(20)18-14(17)19-12(8)23/h4,6-7,9-10,13,21-22H,1-2H3,(H3,17,18,19,23)/t7-,9-,10+,13-,15?/m1/s1. The highest BCUT2D eigenvalue weighted by atomic mass is 35.5. The lowest BCUT2D eigenvalue weighted by Gasteiger charge is -2.26. The Hall–Kier alpha value is -2.05. The number of rotatable bonds is 2. The van der Waals surface area contributed by atoms with E-state index in [1.165, 1.54) is 11.5 Å². The van der Waals surface area contributed by atoms with Gasteiger partial charge in [0.25, 0.3) is 5.56 Å². The first-order valence-corrected chi connectivity index (χ1v) is 7.68. The number of nitrogens with zero attached hydrogens (tertiary/aromatic N) is 2. The molecule has 1 fully saturated rings. The van der Waals surface area contributed by atoms with Gasteiger partial charge in [0.05, 0.1) is 11.5 Å². The van der Waals surface area contributed by atoms with Crippen molar-refractivity contribution in [3.63, 3.8) is 0 Å². The second-order valence-electron chi connectivity index (χ2n) is 5.69. The highest BCUT2D eigenvalue weighted by Crippen LogP contribution is 2.45. The molecule has 0 spiro atoms. The van der Waals surface area contributed by atoms with Gasteiger partial charge in [-0.3, -0.25) is 9.78 Å². The van der Waals surface area contributed by atoms with Crippen molar-refractivity contribution >= 4 is 28.6 Å². The summed E-state index contributed by atoms with van der Waals surface area (Å²) in [5.74, 6) is 5.37. The number of nitrogens with two attached hydrogens (primary N) is 1. The fraction of sp³-hybridized carbons (Fsp3) is 0.467. The molecule has 0 radical (unpaired) electrons. The number of anilines is 1. The third kappa shape index (κ3) is 2.37. The monoisotopic (exact) mass is 352 g/mol. The van der Waals surface area contributed by atoms with E-state index in [2.05, 4.69) is 21.8 Å². The molecule has 9 heteroatoms. The van der Waals surface area contributed by atoms with Crippen LogP contribution in [0.1, 0.15) is 20.1 Å². The predicted octanol–water partition coefficient (Wildman–Crippen LogP) is -0.0532. The lowest BCUT2D eigenvalue weighted by Crippen LogP contribution is -2.43. The summed E-state index contributed by atoms with van der Waals surface area (Å²) in [5, 5.41) is 20.7. The van der Waals surface area contributed by atoms with E-state index >= 15 is 0 Å². The molecule has 2 aromatic rings. The molecule has 5 N–H and O–H groups in total. The fourth-order valence-corrected chi connectivity index (χ4v) is 3.30. The molecule has 1 aliphatic heterocycles. The van der Waals surface area contributed by atoms with Gasteiger partial charge in [-0.15, -0.1) is 5.92 Å². The normalized spacial score (nSPS) is 31.0. The zero-order valence-electron chi connectivity index (χ0n) is 13.0. The van der Waals surface area contributed by atoms with Crippen LogP contribution in [0.15, 0.2) is 17.1 Å². The van der Waals surface area contributed by atoms with Crippen molar-refractivity contribution in [2.45, 2.75) is 43.3 Å². The Kier molecular flexibility index (Phi) is 4.05. The fourth-order valence-electron chi connectivity index (χ4n) is 2.93. The highest BCUT2D eigenvalue weighted by molar-refractivity contribution is 6.27. The molecule has 5 atom stereocenters. The predicted molar refractivity (Wildman–Crippen MR) is 88.4 cm³/mol. The maximum Gasteiger partial charge on any atom is 0.261 e. The summed E-state index contributed by atoms with van der Waals surface area (Å²) in [6.45, 7) is 3.07. The summed E-state index contributed by atoms with van der Waals surface area (Å²) in [4.78, 5) is 17.0. The van der Waals surface area contributed by atoms with Gasteiger partial charge >= 0.3 is 0 Å². The van der Waals surface area contributed by atoms with E-state index in [9.17, 15) is 15.0 Å². The molecule has 0 aromatic carbocycles. The number of fused-ring (bicyclic) bond motifs is 1. The van der Waals surface area contributed by atoms with Crippen molar-refractivity contribution in [3.8, 4) is 11.8 Å². The number of nitrogens with one attached hydrogen (secondary N) is 1. The van der Waals surface area contributed by atoms with Crippen LogP contribution in [0.3, 0.4) is 0 Å². The van der Waals surface area contributed by atoms with Crippen LogP contribution in [0.5, 0.6) is 0 Å². The molecular formula is C15H17ClN4O4. The lowest BCUT2D eigenvalue weighted by molar-refractivity contribution is -0.0751. The molecular weight excluding hydrogens is 336 g/mol. The third-order valence-electron chi connectivity index (χ3n) is 4.03. The van der Waals surface area contributed by atoms with Crippen LogP contribution >= 0.6 is 11.6 Å². The molecule has 1 aliphatic rings. The summed E-state index contributed by atoms with van der Waals surface area (Å²) < 4.78 is 7.26. The molecule has 3 rings (SSSR count). The van der Waals surface area contributed by atoms with Crippen molar-refractivity contribution in [1.82, 2.24) is 14.5 Å². The molecule has 24 heavy (non-hydrogen) atoms. The molecule has 3 heterocycles. The van der Waals surface area contributed by atoms with Crippen molar-refractivity contribution in [1.29, 1.82) is 0 Å². The zero-order chi connectivity index (χ0) is 17.6. The molecule has 0 amide bonds. The van der Waals surface area contributed by atoms with Gasteiger partial charge in [0, 0.05) is 6.20 Å². The smallest absolute Gasteiger partial charge is 0.261 e. The molecule has 128 valence electrons. The van der Waals surface area contributed by atoms with Crippen LogP contribution in [0, 0.1) is 11.8 Å². The van der Waals surface area contributed by atoms with Crippen molar-refractivity contribution in [3.05, 3.63) is 22.6 Å². The third-order valence-corrected chi connectivity index (χ3v) is 4.54. The number of halogens is 1. The van der Waals surface area contributed by atoms with Crippen LogP contribution in [0.2, 0.25) is 0 Å². The average molecular weight is 353 g/mol. The van der Waals surface area contributed by atoms with Gasteiger partial charge in [0.1, 0.15) is 12.2 Å². The minimum atomic E-state index is -1.51. The highest BCUT2D eigenvalue weighted by Gasteiger charge is 2.57. The number of ether oxygens (including phenoxy) is 1.